The lowest BCUT2D eigenvalue weighted by atomic mass is 9.85. The van der Waals surface area contributed by atoms with Gasteiger partial charge in [-0.15, -0.1) is 0 Å². The van der Waals surface area contributed by atoms with Gasteiger partial charge in [0, 0.05) is 22.6 Å². The van der Waals surface area contributed by atoms with Crippen LogP contribution in [0.25, 0.3) is 0 Å². The molecule has 3 aromatic carbocycles. The van der Waals surface area contributed by atoms with E-state index >= 15 is 0 Å². The smallest absolute Gasteiger partial charge is 0.127 e. The van der Waals surface area contributed by atoms with Crippen molar-refractivity contribution in [3.8, 4) is 5.75 Å². The SMILES string of the molecule is Cc1cc(Pc2ccccc2C=Nc2ccccc2)c(O)c(C(C)(C)C)c1. The molecule has 1 N–H and O–H groups in total. The first-order valence-electron chi connectivity index (χ1n) is 9.14. The van der Waals surface area contributed by atoms with Crippen LogP contribution in [0.1, 0.15) is 37.5 Å². The number of para-hydroxylation sites is 1. The van der Waals surface area contributed by atoms with Crippen LogP contribution in [0.4, 0.5) is 5.69 Å². The quantitative estimate of drug-likeness (QED) is 0.482. The van der Waals surface area contributed by atoms with Crippen LogP contribution in [0.5, 0.6) is 5.75 Å². The van der Waals surface area contributed by atoms with Crippen molar-refractivity contribution >= 4 is 31.1 Å². The molecule has 0 aliphatic rings. The maximum atomic E-state index is 10.9. The maximum Gasteiger partial charge on any atom is 0.127 e. The minimum absolute atomic E-state index is 0.0936. The minimum Gasteiger partial charge on any atom is -0.507 e. The zero-order valence-electron chi connectivity index (χ0n) is 16.3. The second-order valence-corrected chi connectivity index (χ2v) is 9.09. The van der Waals surface area contributed by atoms with E-state index < -0.39 is 0 Å². The van der Waals surface area contributed by atoms with Gasteiger partial charge in [-0.05, 0) is 41.4 Å². The molecule has 2 nitrogen and oxygen atoms in total. The normalized spacial score (nSPS) is 12.3. The molecule has 27 heavy (non-hydrogen) atoms. The summed E-state index contributed by atoms with van der Waals surface area (Å²) in [5.74, 6) is 0.418. The van der Waals surface area contributed by atoms with E-state index in [2.05, 4.69) is 57.0 Å². The van der Waals surface area contributed by atoms with Gasteiger partial charge >= 0.3 is 0 Å². The summed E-state index contributed by atoms with van der Waals surface area (Å²) in [6.07, 6.45) is 1.91. The Morgan fingerprint density at radius 2 is 1.56 bits per heavy atom. The van der Waals surface area contributed by atoms with E-state index in [-0.39, 0.29) is 5.41 Å². The molecular weight excluding hydrogens is 349 g/mol. The Labute approximate surface area is 163 Å². The van der Waals surface area contributed by atoms with Gasteiger partial charge in [-0.25, -0.2) is 0 Å². The van der Waals surface area contributed by atoms with Gasteiger partial charge < -0.3 is 5.11 Å². The molecule has 0 heterocycles. The molecule has 3 heteroatoms. The Morgan fingerprint density at radius 1 is 0.889 bits per heavy atom. The van der Waals surface area contributed by atoms with E-state index in [1.807, 2.05) is 48.7 Å². The van der Waals surface area contributed by atoms with Crippen LogP contribution < -0.4 is 10.6 Å². The van der Waals surface area contributed by atoms with Gasteiger partial charge in [0.05, 0.1) is 5.69 Å². The van der Waals surface area contributed by atoms with E-state index in [4.69, 9.17) is 0 Å². The number of aryl methyl sites for hydroxylation is 1. The van der Waals surface area contributed by atoms with Crippen molar-refractivity contribution in [2.24, 2.45) is 4.99 Å². The van der Waals surface area contributed by atoms with Gasteiger partial charge in [0.25, 0.3) is 0 Å². The Balaban J connectivity index is 1.96. The van der Waals surface area contributed by atoms with Gasteiger partial charge in [0.2, 0.25) is 0 Å². The molecule has 0 saturated carbocycles. The molecule has 1 atom stereocenters. The summed E-state index contributed by atoms with van der Waals surface area (Å²) in [5.41, 5.74) is 4.10. The Hall–Kier alpha value is -2.44. The highest BCUT2D eigenvalue weighted by Gasteiger charge is 2.21. The number of phenolic OH excluding ortho intramolecular Hbond substituents is 1. The first kappa shape index (κ1) is 19.3. The van der Waals surface area contributed by atoms with Crippen LogP contribution >= 0.6 is 8.58 Å². The fourth-order valence-electron chi connectivity index (χ4n) is 2.97. The van der Waals surface area contributed by atoms with E-state index in [0.29, 0.717) is 14.3 Å². The highest BCUT2D eigenvalue weighted by molar-refractivity contribution is 7.56. The van der Waals surface area contributed by atoms with Gasteiger partial charge in [-0.1, -0.05) is 77.9 Å². The average molecular weight is 375 g/mol. The van der Waals surface area contributed by atoms with E-state index in [1.165, 1.54) is 10.9 Å². The standard InChI is InChI=1S/C24H26NOP/c1-17-14-20(24(2,3)4)23(26)22(15-17)27-21-13-9-8-10-18(21)16-25-19-11-6-5-7-12-19/h5-16,26-27H,1-4H3. The van der Waals surface area contributed by atoms with Crippen molar-refractivity contribution in [1.82, 2.24) is 0 Å². The first-order valence-corrected chi connectivity index (χ1v) is 10.1. The number of aliphatic imine (C=N–C) groups is 1. The van der Waals surface area contributed by atoms with Crippen LogP contribution in [-0.4, -0.2) is 11.3 Å². The fourth-order valence-corrected chi connectivity index (χ4v) is 4.29. The molecule has 3 aromatic rings. The lowest BCUT2D eigenvalue weighted by Gasteiger charge is -2.23. The summed E-state index contributed by atoms with van der Waals surface area (Å²) < 4.78 is 0. The van der Waals surface area contributed by atoms with Crippen molar-refractivity contribution in [2.75, 3.05) is 0 Å². The van der Waals surface area contributed by atoms with Gasteiger partial charge in [-0.2, -0.15) is 0 Å². The van der Waals surface area contributed by atoms with Crippen LogP contribution in [0.2, 0.25) is 0 Å². The minimum atomic E-state index is -0.0936. The third kappa shape index (κ3) is 4.84. The average Bonchev–Trinajstić information content (AvgIpc) is 2.63. The lowest BCUT2D eigenvalue weighted by molar-refractivity contribution is 0.450. The van der Waals surface area contributed by atoms with Crippen LogP contribution in [0.3, 0.4) is 0 Å². The zero-order chi connectivity index (χ0) is 19.4. The van der Waals surface area contributed by atoms with Crippen molar-refractivity contribution in [1.29, 1.82) is 0 Å². The number of nitrogens with zero attached hydrogens (tertiary/aromatic N) is 1. The number of benzene rings is 3. The lowest BCUT2D eigenvalue weighted by Crippen LogP contribution is -2.17. The predicted molar refractivity (Wildman–Crippen MR) is 119 cm³/mol. The fraction of sp³-hybridized carbons (Fsp3) is 0.208. The molecular formula is C24H26NOP. The molecule has 3 rings (SSSR count). The predicted octanol–water partition coefficient (Wildman–Crippen LogP) is 5.38. The first-order chi connectivity index (χ1) is 12.8. The maximum absolute atomic E-state index is 10.9. The second kappa shape index (κ2) is 8.06. The molecule has 0 aromatic heterocycles. The van der Waals surface area contributed by atoms with Crippen LogP contribution in [-0.2, 0) is 5.41 Å². The number of phenols is 1. The van der Waals surface area contributed by atoms with Crippen LogP contribution in [0, 0.1) is 6.92 Å². The molecule has 0 amide bonds. The summed E-state index contributed by atoms with van der Waals surface area (Å²) in [5, 5.41) is 13.0. The van der Waals surface area contributed by atoms with Crippen molar-refractivity contribution < 1.29 is 5.11 Å². The zero-order valence-corrected chi connectivity index (χ0v) is 17.3. The Kier molecular flexibility index (Phi) is 5.77. The molecule has 0 fully saturated rings. The van der Waals surface area contributed by atoms with Crippen molar-refractivity contribution in [3.05, 3.63) is 83.4 Å². The van der Waals surface area contributed by atoms with E-state index in [9.17, 15) is 5.11 Å². The van der Waals surface area contributed by atoms with Gasteiger partial charge in [0.1, 0.15) is 5.75 Å². The number of hydrogen-bond acceptors (Lipinski definition) is 2. The molecule has 0 aliphatic carbocycles. The van der Waals surface area contributed by atoms with Gasteiger partial charge in [-0.3, -0.25) is 4.99 Å². The third-order valence-corrected chi connectivity index (χ3v) is 5.78. The third-order valence-electron chi connectivity index (χ3n) is 4.40. The summed E-state index contributed by atoms with van der Waals surface area (Å²) in [7, 11) is 0.373. The number of hydrogen-bond donors (Lipinski definition) is 1. The highest BCUT2D eigenvalue weighted by Crippen LogP contribution is 2.33. The van der Waals surface area contributed by atoms with E-state index in [0.717, 1.165) is 22.1 Å². The molecule has 1 unspecified atom stereocenters. The topological polar surface area (TPSA) is 32.6 Å². The summed E-state index contributed by atoms with van der Waals surface area (Å²) >= 11 is 0. The van der Waals surface area contributed by atoms with E-state index in [1.54, 1.807) is 0 Å². The highest BCUT2D eigenvalue weighted by atomic mass is 31.1. The number of rotatable bonds is 4. The van der Waals surface area contributed by atoms with Crippen molar-refractivity contribution in [3.63, 3.8) is 0 Å². The largest absolute Gasteiger partial charge is 0.507 e. The molecule has 0 radical (unpaired) electrons. The summed E-state index contributed by atoms with van der Waals surface area (Å²) in [4.78, 5) is 4.59. The monoisotopic (exact) mass is 375 g/mol. The molecule has 0 spiro atoms. The Bertz CT molecular complexity index is 956. The molecule has 138 valence electrons. The molecule has 0 bridgehead atoms. The summed E-state index contributed by atoms with van der Waals surface area (Å²) in [6.45, 7) is 8.49. The van der Waals surface area contributed by atoms with Gasteiger partial charge in [0.15, 0.2) is 0 Å². The van der Waals surface area contributed by atoms with Crippen LogP contribution in [0.15, 0.2) is 71.7 Å². The number of aromatic hydroxyl groups is 1. The molecule has 0 saturated heterocycles. The summed E-state index contributed by atoms with van der Waals surface area (Å²) in [6, 6.07) is 22.4. The molecule has 0 aliphatic heterocycles. The Morgan fingerprint density at radius 3 is 2.26 bits per heavy atom. The second-order valence-electron chi connectivity index (χ2n) is 7.76. The van der Waals surface area contributed by atoms with Crippen molar-refractivity contribution in [2.45, 2.75) is 33.1 Å².